The number of carbonyl (C=O) groups is 2. The molecule has 2 aromatic heterocycles. The number of hydrogen-bond acceptors (Lipinski definition) is 5. The van der Waals surface area contributed by atoms with Crippen molar-refractivity contribution in [3.63, 3.8) is 0 Å². The number of benzene rings is 1. The fourth-order valence-electron chi connectivity index (χ4n) is 4.97. The number of nitrogens with zero attached hydrogens (tertiary/aromatic N) is 4. The van der Waals surface area contributed by atoms with Gasteiger partial charge < -0.3 is 19.0 Å². The normalized spacial score (nSPS) is 15.3. The fourth-order valence-corrected chi connectivity index (χ4v) is 4.97. The molecule has 1 aromatic carbocycles. The molecule has 1 saturated heterocycles. The number of piperidine rings is 1. The van der Waals surface area contributed by atoms with Gasteiger partial charge in [0.1, 0.15) is 18.1 Å². The molecule has 4 rings (SSSR count). The molecule has 0 unspecified atom stereocenters. The molecule has 0 aliphatic carbocycles. The molecule has 3 heterocycles. The molecular weight excluding hydrogens is 444 g/mol. The molecule has 1 aliphatic rings. The van der Waals surface area contributed by atoms with Crippen molar-refractivity contribution in [2.75, 3.05) is 27.2 Å². The van der Waals surface area contributed by atoms with Gasteiger partial charge in [-0.15, -0.1) is 0 Å². The van der Waals surface area contributed by atoms with Crippen LogP contribution in [-0.4, -0.2) is 64.7 Å². The average molecular weight is 479 g/mol. The Bertz CT molecular complexity index is 1150. The van der Waals surface area contributed by atoms with Crippen LogP contribution in [-0.2, 0) is 24.8 Å². The lowest BCUT2D eigenvalue weighted by molar-refractivity contribution is 0.0499. The summed E-state index contributed by atoms with van der Waals surface area (Å²) >= 11 is 0. The van der Waals surface area contributed by atoms with Crippen molar-refractivity contribution in [3.05, 3.63) is 77.0 Å². The number of likely N-dealkylation sites (tertiary alicyclic amines) is 1. The predicted octanol–water partition coefficient (Wildman–Crippen LogP) is 3.70. The lowest BCUT2D eigenvalue weighted by Gasteiger charge is -2.40. The van der Waals surface area contributed by atoms with E-state index in [2.05, 4.69) is 17.2 Å². The van der Waals surface area contributed by atoms with E-state index in [1.165, 1.54) is 5.56 Å². The van der Waals surface area contributed by atoms with Gasteiger partial charge in [-0.1, -0.05) is 30.3 Å². The molecule has 0 spiro atoms. The van der Waals surface area contributed by atoms with Crippen molar-refractivity contribution in [2.45, 2.75) is 38.8 Å². The van der Waals surface area contributed by atoms with Gasteiger partial charge in [-0.2, -0.15) is 5.10 Å². The van der Waals surface area contributed by atoms with Crippen LogP contribution in [0.3, 0.4) is 0 Å². The standard InChI is InChI=1S/C27H34N4O4/c1-19-16-24(30(3)28-19)26(32)29(2)23(17-20-8-6-5-7-9-20)21-12-14-31(15-13-21)27(33)25-11-10-22(35-25)18-34-4/h5-11,16,21,23H,12-15,17-18H2,1-4H3/t23-/m1/s1. The first-order valence-corrected chi connectivity index (χ1v) is 12.1. The van der Waals surface area contributed by atoms with E-state index in [0.717, 1.165) is 25.0 Å². The van der Waals surface area contributed by atoms with Crippen molar-refractivity contribution < 1.29 is 18.7 Å². The first-order valence-electron chi connectivity index (χ1n) is 12.1. The molecule has 0 radical (unpaired) electrons. The van der Waals surface area contributed by atoms with Crippen LogP contribution in [0, 0.1) is 12.8 Å². The van der Waals surface area contributed by atoms with E-state index in [0.29, 0.717) is 36.9 Å². The summed E-state index contributed by atoms with van der Waals surface area (Å²) < 4.78 is 12.4. The first kappa shape index (κ1) is 24.7. The lowest BCUT2D eigenvalue weighted by Crippen LogP contribution is -2.48. The van der Waals surface area contributed by atoms with Crippen molar-refractivity contribution in [3.8, 4) is 0 Å². The van der Waals surface area contributed by atoms with Crippen LogP contribution in [0.15, 0.2) is 52.9 Å². The van der Waals surface area contributed by atoms with E-state index in [1.807, 2.05) is 48.0 Å². The molecule has 1 fully saturated rings. The topological polar surface area (TPSA) is 80.8 Å². The summed E-state index contributed by atoms with van der Waals surface area (Å²) in [5, 5.41) is 4.35. The van der Waals surface area contributed by atoms with E-state index in [4.69, 9.17) is 9.15 Å². The van der Waals surface area contributed by atoms with Crippen molar-refractivity contribution in [2.24, 2.45) is 13.0 Å². The molecule has 0 bridgehead atoms. The number of hydrogen-bond donors (Lipinski definition) is 0. The minimum atomic E-state index is -0.0970. The van der Waals surface area contributed by atoms with Gasteiger partial charge in [0.2, 0.25) is 0 Å². The third-order valence-corrected chi connectivity index (χ3v) is 6.86. The number of ether oxygens (including phenoxy) is 1. The Balaban J connectivity index is 1.48. The third-order valence-electron chi connectivity index (χ3n) is 6.86. The van der Waals surface area contributed by atoms with Gasteiger partial charge in [-0.05, 0) is 55.9 Å². The summed E-state index contributed by atoms with van der Waals surface area (Å²) in [6, 6.07) is 15.6. The van der Waals surface area contributed by atoms with Gasteiger partial charge >= 0.3 is 0 Å². The quantitative estimate of drug-likeness (QED) is 0.493. The number of furan rings is 1. The van der Waals surface area contributed by atoms with Gasteiger partial charge in [0, 0.05) is 40.3 Å². The van der Waals surface area contributed by atoms with Crippen LogP contribution in [0.25, 0.3) is 0 Å². The van der Waals surface area contributed by atoms with Gasteiger partial charge in [0.05, 0.1) is 5.69 Å². The Morgan fingerprint density at radius 3 is 2.51 bits per heavy atom. The third kappa shape index (κ3) is 5.65. The summed E-state index contributed by atoms with van der Waals surface area (Å²) in [7, 11) is 5.28. The number of methoxy groups -OCH3 is 1. The van der Waals surface area contributed by atoms with Crippen LogP contribution in [0.4, 0.5) is 0 Å². The first-order chi connectivity index (χ1) is 16.9. The van der Waals surface area contributed by atoms with Crippen LogP contribution in [0.5, 0.6) is 0 Å². The van der Waals surface area contributed by atoms with Gasteiger partial charge in [0.15, 0.2) is 5.76 Å². The van der Waals surface area contributed by atoms with Crippen LogP contribution in [0.1, 0.15) is 50.9 Å². The fraction of sp³-hybridized carbons (Fsp3) is 0.444. The molecule has 1 aliphatic heterocycles. The Hall–Kier alpha value is -3.39. The van der Waals surface area contributed by atoms with Crippen LogP contribution >= 0.6 is 0 Å². The minimum absolute atomic E-state index is 0.00859. The minimum Gasteiger partial charge on any atom is -0.453 e. The second-order valence-corrected chi connectivity index (χ2v) is 9.30. The van der Waals surface area contributed by atoms with E-state index in [1.54, 1.807) is 31.0 Å². The monoisotopic (exact) mass is 478 g/mol. The second kappa shape index (κ2) is 10.9. The highest BCUT2D eigenvalue weighted by molar-refractivity contribution is 5.93. The smallest absolute Gasteiger partial charge is 0.289 e. The molecule has 2 amide bonds. The van der Waals surface area contributed by atoms with Crippen LogP contribution < -0.4 is 0 Å². The zero-order valence-corrected chi connectivity index (χ0v) is 20.9. The Labute approximate surface area is 206 Å². The lowest BCUT2D eigenvalue weighted by atomic mass is 9.84. The zero-order chi connectivity index (χ0) is 24.9. The molecule has 35 heavy (non-hydrogen) atoms. The van der Waals surface area contributed by atoms with Gasteiger partial charge in [-0.25, -0.2) is 0 Å². The average Bonchev–Trinajstić information content (AvgIpc) is 3.47. The molecule has 186 valence electrons. The number of rotatable bonds is 8. The number of carbonyl (C=O) groups excluding carboxylic acids is 2. The maximum absolute atomic E-state index is 13.4. The number of aryl methyl sites for hydroxylation is 2. The number of likely N-dealkylation sites (N-methyl/N-ethyl adjacent to an activating group) is 1. The predicted molar refractivity (Wildman–Crippen MR) is 132 cm³/mol. The number of amides is 2. The summed E-state index contributed by atoms with van der Waals surface area (Å²) in [5.74, 6) is 1.12. The largest absolute Gasteiger partial charge is 0.453 e. The highest BCUT2D eigenvalue weighted by atomic mass is 16.5. The SMILES string of the molecule is COCc1ccc(C(=O)N2CCC([C@@H](Cc3ccccc3)N(C)C(=O)c3cc(C)nn3C)CC2)o1. The van der Waals surface area contributed by atoms with Crippen molar-refractivity contribution in [1.29, 1.82) is 0 Å². The van der Waals surface area contributed by atoms with Gasteiger partial charge in [-0.3, -0.25) is 14.3 Å². The summed E-state index contributed by atoms with van der Waals surface area (Å²) in [6.07, 6.45) is 2.39. The highest BCUT2D eigenvalue weighted by Gasteiger charge is 2.34. The summed E-state index contributed by atoms with van der Waals surface area (Å²) in [5.41, 5.74) is 2.60. The van der Waals surface area contributed by atoms with E-state index in [9.17, 15) is 9.59 Å². The Morgan fingerprint density at radius 2 is 1.89 bits per heavy atom. The molecule has 1 atom stereocenters. The van der Waals surface area contributed by atoms with Crippen molar-refractivity contribution >= 4 is 11.8 Å². The maximum atomic E-state index is 13.4. The Kier molecular flexibility index (Phi) is 7.70. The van der Waals surface area contributed by atoms with Crippen molar-refractivity contribution in [1.82, 2.24) is 19.6 Å². The molecular formula is C27H34N4O4. The second-order valence-electron chi connectivity index (χ2n) is 9.30. The highest BCUT2D eigenvalue weighted by Crippen LogP contribution is 2.28. The molecule has 0 N–H and O–H groups in total. The molecule has 0 saturated carbocycles. The van der Waals surface area contributed by atoms with E-state index < -0.39 is 0 Å². The summed E-state index contributed by atoms with van der Waals surface area (Å²) in [6.45, 7) is 3.49. The summed E-state index contributed by atoms with van der Waals surface area (Å²) in [4.78, 5) is 30.1. The van der Waals surface area contributed by atoms with E-state index in [-0.39, 0.29) is 23.8 Å². The van der Waals surface area contributed by atoms with Crippen LogP contribution in [0.2, 0.25) is 0 Å². The van der Waals surface area contributed by atoms with Gasteiger partial charge in [0.25, 0.3) is 11.8 Å². The maximum Gasteiger partial charge on any atom is 0.289 e. The number of aromatic nitrogens is 2. The van der Waals surface area contributed by atoms with E-state index >= 15 is 0 Å². The molecule has 3 aromatic rings. The molecule has 8 heteroatoms. The Morgan fingerprint density at radius 1 is 1.17 bits per heavy atom. The molecule has 8 nitrogen and oxygen atoms in total. The zero-order valence-electron chi connectivity index (χ0n) is 20.9.